The Morgan fingerprint density at radius 2 is 1.48 bits per heavy atom. The van der Waals surface area contributed by atoms with Crippen molar-refractivity contribution in [1.82, 2.24) is 0 Å². The van der Waals surface area contributed by atoms with E-state index in [-0.39, 0.29) is 0 Å². The Morgan fingerprint density at radius 3 is 2.28 bits per heavy atom. The molecule has 0 aromatic heterocycles. The van der Waals surface area contributed by atoms with E-state index in [2.05, 4.69) is 66.3 Å². The van der Waals surface area contributed by atoms with E-state index in [1.54, 1.807) is 18.9 Å². The van der Waals surface area contributed by atoms with Crippen molar-refractivity contribution in [2.24, 2.45) is 0 Å². The van der Waals surface area contributed by atoms with Crippen LogP contribution in [0.3, 0.4) is 0 Å². The average molecular weight is 343 g/mol. The molecule has 1 aliphatic heterocycles. The predicted octanol–water partition coefficient (Wildman–Crippen LogP) is 5.33. The summed E-state index contributed by atoms with van der Waals surface area (Å²) in [5, 5.41) is 0. The lowest BCUT2D eigenvalue weighted by Crippen LogP contribution is -2.14. The number of para-hydroxylation sites is 1. The Morgan fingerprint density at radius 1 is 0.800 bits per heavy atom. The topological polar surface area (TPSA) is 12.5 Å². The van der Waals surface area contributed by atoms with E-state index in [1.165, 1.54) is 21.2 Å². The van der Waals surface area contributed by atoms with Gasteiger partial charge in [-0.15, -0.1) is 0 Å². The second-order valence-electron chi connectivity index (χ2n) is 5.79. The molecule has 1 heterocycles. The average Bonchev–Trinajstić information content (AvgIpc) is 2.67. The molecule has 4 rings (SSSR count). The molecule has 0 amide bonds. The molecule has 0 fully saturated rings. The number of methoxy groups -OCH3 is 1. The maximum atomic E-state index is 5.18. The molecule has 0 saturated heterocycles. The summed E-state index contributed by atoms with van der Waals surface area (Å²) in [4.78, 5) is 4.75. The Labute approximate surface area is 152 Å². The van der Waals surface area contributed by atoms with Crippen molar-refractivity contribution in [2.75, 3.05) is 19.1 Å². The van der Waals surface area contributed by atoms with E-state index < -0.39 is 0 Å². The number of ether oxygens (including phenoxy) is 1. The SMILES string of the molecule is COc1ccc(C#Cc2ccc3c(c2)Sc2ccccc2N3C)cc1. The molecule has 0 saturated carbocycles. The first kappa shape index (κ1) is 15.7. The van der Waals surface area contributed by atoms with E-state index >= 15 is 0 Å². The Kier molecular flexibility index (Phi) is 4.13. The fourth-order valence-electron chi connectivity index (χ4n) is 2.84. The second kappa shape index (κ2) is 6.58. The van der Waals surface area contributed by atoms with Gasteiger partial charge in [0.15, 0.2) is 0 Å². The smallest absolute Gasteiger partial charge is 0.118 e. The second-order valence-corrected chi connectivity index (χ2v) is 6.87. The maximum absolute atomic E-state index is 5.18. The van der Waals surface area contributed by atoms with E-state index in [4.69, 9.17) is 4.74 Å². The number of rotatable bonds is 1. The highest BCUT2D eigenvalue weighted by Gasteiger charge is 2.20. The van der Waals surface area contributed by atoms with Gasteiger partial charge in [0.25, 0.3) is 0 Å². The van der Waals surface area contributed by atoms with Gasteiger partial charge < -0.3 is 9.64 Å². The van der Waals surface area contributed by atoms with Gasteiger partial charge in [0.05, 0.1) is 18.5 Å². The van der Waals surface area contributed by atoms with Crippen LogP contribution in [0.15, 0.2) is 76.5 Å². The molecule has 122 valence electrons. The lowest BCUT2D eigenvalue weighted by atomic mass is 10.1. The zero-order valence-corrected chi connectivity index (χ0v) is 14.9. The first-order valence-electron chi connectivity index (χ1n) is 8.05. The van der Waals surface area contributed by atoms with E-state index in [0.717, 1.165) is 16.9 Å². The van der Waals surface area contributed by atoms with Gasteiger partial charge in [0, 0.05) is 28.0 Å². The summed E-state index contributed by atoms with van der Waals surface area (Å²) in [5.74, 6) is 7.33. The van der Waals surface area contributed by atoms with Crippen LogP contribution in [0, 0.1) is 11.8 Å². The maximum Gasteiger partial charge on any atom is 0.118 e. The third-order valence-corrected chi connectivity index (χ3v) is 5.32. The molecule has 2 nitrogen and oxygen atoms in total. The van der Waals surface area contributed by atoms with Gasteiger partial charge in [0.2, 0.25) is 0 Å². The van der Waals surface area contributed by atoms with Crippen LogP contribution in [-0.2, 0) is 0 Å². The summed E-state index contributed by atoms with van der Waals surface area (Å²) in [6, 6.07) is 22.7. The van der Waals surface area contributed by atoms with Crippen LogP contribution in [0.1, 0.15) is 11.1 Å². The van der Waals surface area contributed by atoms with Crippen LogP contribution in [-0.4, -0.2) is 14.2 Å². The minimum absolute atomic E-state index is 0.845. The molecule has 0 N–H and O–H groups in total. The van der Waals surface area contributed by atoms with Crippen molar-refractivity contribution in [2.45, 2.75) is 9.79 Å². The van der Waals surface area contributed by atoms with E-state index in [9.17, 15) is 0 Å². The van der Waals surface area contributed by atoms with Gasteiger partial charge in [-0.3, -0.25) is 0 Å². The largest absolute Gasteiger partial charge is 0.497 e. The molecule has 3 heteroatoms. The highest BCUT2D eigenvalue weighted by molar-refractivity contribution is 7.99. The molecule has 0 radical (unpaired) electrons. The van der Waals surface area contributed by atoms with Crippen molar-refractivity contribution >= 4 is 23.1 Å². The lowest BCUT2D eigenvalue weighted by Gasteiger charge is -2.29. The number of hydrogen-bond donors (Lipinski definition) is 0. The first-order valence-corrected chi connectivity index (χ1v) is 8.87. The van der Waals surface area contributed by atoms with Crippen molar-refractivity contribution in [3.05, 3.63) is 77.9 Å². The van der Waals surface area contributed by atoms with Gasteiger partial charge in [0.1, 0.15) is 5.75 Å². The predicted molar refractivity (Wildman–Crippen MR) is 104 cm³/mol. The molecule has 3 aromatic carbocycles. The highest BCUT2D eigenvalue weighted by Crippen LogP contribution is 2.47. The fraction of sp³-hybridized carbons (Fsp3) is 0.0909. The quantitative estimate of drug-likeness (QED) is 0.554. The van der Waals surface area contributed by atoms with Crippen LogP contribution < -0.4 is 9.64 Å². The van der Waals surface area contributed by atoms with Gasteiger partial charge in [-0.1, -0.05) is 35.7 Å². The third kappa shape index (κ3) is 3.09. The monoisotopic (exact) mass is 343 g/mol. The minimum Gasteiger partial charge on any atom is -0.497 e. The molecular formula is C22H17NOS. The number of nitrogens with zero attached hydrogens (tertiary/aromatic N) is 1. The molecule has 0 unspecified atom stereocenters. The summed E-state index contributed by atoms with van der Waals surface area (Å²) < 4.78 is 5.18. The van der Waals surface area contributed by atoms with Crippen molar-refractivity contribution in [3.8, 4) is 17.6 Å². The van der Waals surface area contributed by atoms with Crippen molar-refractivity contribution in [1.29, 1.82) is 0 Å². The molecular weight excluding hydrogens is 326 g/mol. The van der Waals surface area contributed by atoms with Crippen LogP contribution >= 0.6 is 11.8 Å². The van der Waals surface area contributed by atoms with Crippen LogP contribution in [0.25, 0.3) is 0 Å². The molecule has 3 aromatic rings. The summed E-state index contributed by atoms with van der Waals surface area (Å²) in [6.07, 6.45) is 0. The third-order valence-electron chi connectivity index (χ3n) is 4.21. The summed E-state index contributed by atoms with van der Waals surface area (Å²) in [6.45, 7) is 0. The van der Waals surface area contributed by atoms with Gasteiger partial charge in [-0.25, -0.2) is 0 Å². The molecule has 0 spiro atoms. The van der Waals surface area contributed by atoms with Crippen LogP contribution in [0.2, 0.25) is 0 Å². The number of benzene rings is 3. The van der Waals surface area contributed by atoms with Crippen LogP contribution in [0.5, 0.6) is 5.75 Å². The molecule has 0 bridgehead atoms. The summed E-state index contributed by atoms with van der Waals surface area (Å²) >= 11 is 1.80. The summed E-state index contributed by atoms with van der Waals surface area (Å²) in [5.41, 5.74) is 4.47. The summed E-state index contributed by atoms with van der Waals surface area (Å²) in [7, 11) is 3.78. The zero-order valence-electron chi connectivity index (χ0n) is 14.1. The molecule has 1 aliphatic rings. The standard InChI is InChI=1S/C22H17NOS/c1-23-19-5-3-4-6-21(19)25-22-15-17(11-14-20(22)23)8-7-16-9-12-18(24-2)13-10-16/h3-6,9-15H,1-2H3. The molecule has 0 aliphatic carbocycles. The van der Waals surface area contributed by atoms with E-state index in [1.807, 2.05) is 24.3 Å². The number of anilines is 2. The Hall–Kier alpha value is -2.83. The first-order chi connectivity index (χ1) is 12.2. The van der Waals surface area contributed by atoms with Crippen molar-refractivity contribution in [3.63, 3.8) is 0 Å². The number of hydrogen-bond acceptors (Lipinski definition) is 3. The minimum atomic E-state index is 0.845. The van der Waals surface area contributed by atoms with E-state index in [0.29, 0.717) is 0 Å². The normalized spacial score (nSPS) is 11.8. The lowest BCUT2D eigenvalue weighted by molar-refractivity contribution is 0.415. The van der Waals surface area contributed by atoms with Gasteiger partial charge >= 0.3 is 0 Å². The fourth-order valence-corrected chi connectivity index (χ4v) is 4.03. The zero-order chi connectivity index (χ0) is 17.2. The highest BCUT2D eigenvalue weighted by atomic mass is 32.2. The van der Waals surface area contributed by atoms with Gasteiger partial charge in [-0.2, -0.15) is 0 Å². The molecule has 25 heavy (non-hydrogen) atoms. The Balaban J connectivity index is 1.63. The Bertz CT molecular complexity index is 983. The number of fused-ring (bicyclic) bond motifs is 2. The molecule has 0 atom stereocenters. The van der Waals surface area contributed by atoms with Crippen molar-refractivity contribution < 1.29 is 4.74 Å². The van der Waals surface area contributed by atoms with Crippen LogP contribution in [0.4, 0.5) is 11.4 Å². The van der Waals surface area contributed by atoms with Gasteiger partial charge in [-0.05, 0) is 54.6 Å².